The predicted molar refractivity (Wildman–Crippen MR) is 229 cm³/mol. The van der Waals surface area contributed by atoms with Gasteiger partial charge in [0.2, 0.25) is 0 Å². The van der Waals surface area contributed by atoms with Gasteiger partial charge in [-0.2, -0.15) is 0 Å². The van der Waals surface area contributed by atoms with Gasteiger partial charge < -0.3 is 9.80 Å². The number of fused-ring (bicyclic) bond motifs is 8. The van der Waals surface area contributed by atoms with E-state index >= 15 is 0 Å². The van der Waals surface area contributed by atoms with E-state index in [0.29, 0.717) is 0 Å². The molecule has 0 aromatic heterocycles. The molecule has 0 fully saturated rings. The minimum Gasteiger partial charge on any atom is -0.310 e. The van der Waals surface area contributed by atoms with E-state index < -0.39 is 0 Å². The van der Waals surface area contributed by atoms with Crippen LogP contribution in [0.3, 0.4) is 0 Å². The van der Waals surface area contributed by atoms with Crippen LogP contribution in [0.25, 0.3) is 33.0 Å². The molecule has 10 rings (SSSR count). The third-order valence-electron chi connectivity index (χ3n) is 11.8. The summed E-state index contributed by atoms with van der Waals surface area (Å²) in [4.78, 5) is 4.93. The number of hydrogen-bond acceptors (Lipinski definition) is 2. The Morgan fingerprint density at radius 1 is 0.426 bits per heavy atom. The summed E-state index contributed by atoms with van der Waals surface area (Å²) in [7, 11) is 0. The quantitative estimate of drug-likeness (QED) is 0.171. The molecule has 0 unspecified atom stereocenters. The molecule has 8 aromatic rings. The normalized spacial score (nSPS) is 13.3. The highest BCUT2D eigenvalue weighted by Gasteiger charge is 2.39. The molecule has 0 amide bonds. The highest BCUT2D eigenvalue weighted by atomic mass is 15.2. The van der Waals surface area contributed by atoms with Crippen molar-refractivity contribution in [3.8, 4) is 22.3 Å². The van der Waals surface area contributed by atoms with Gasteiger partial charge in [0.25, 0.3) is 0 Å². The second kappa shape index (κ2) is 12.4. The minimum atomic E-state index is -0.248. The molecule has 0 N–H and O–H groups in total. The number of rotatable bonds is 6. The molecule has 0 radical (unpaired) electrons. The third-order valence-corrected chi connectivity index (χ3v) is 11.8. The summed E-state index contributed by atoms with van der Waals surface area (Å²) in [6, 6.07) is 63.0. The SMILES string of the molecule is Cc1ccc(N(c2cccc3c2Cc2ccccc2-3)c2cc3c(c4ccccc24)-c2ccc(N(c4ccccc4)c4cccc(C)c4)cc2C3(C)C)cc1. The smallest absolute Gasteiger partial charge is 0.0543 e. The Hall–Kier alpha value is -6.38. The maximum Gasteiger partial charge on any atom is 0.0543 e. The van der Waals surface area contributed by atoms with Crippen molar-refractivity contribution in [2.75, 3.05) is 9.80 Å². The van der Waals surface area contributed by atoms with Crippen LogP contribution in [-0.2, 0) is 11.8 Å². The molecule has 0 saturated carbocycles. The summed E-state index contributed by atoms with van der Waals surface area (Å²) in [6.45, 7) is 9.15. The average molecular weight is 695 g/mol. The van der Waals surface area contributed by atoms with E-state index in [4.69, 9.17) is 0 Å². The maximum atomic E-state index is 2.53. The van der Waals surface area contributed by atoms with E-state index in [2.05, 4.69) is 207 Å². The lowest BCUT2D eigenvalue weighted by Crippen LogP contribution is -2.18. The topological polar surface area (TPSA) is 6.48 Å². The lowest BCUT2D eigenvalue weighted by Gasteiger charge is -2.31. The van der Waals surface area contributed by atoms with Crippen LogP contribution < -0.4 is 9.80 Å². The van der Waals surface area contributed by atoms with Gasteiger partial charge in [-0.25, -0.2) is 0 Å². The van der Waals surface area contributed by atoms with Gasteiger partial charge >= 0.3 is 0 Å². The summed E-state index contributed by atoms with van der Waals surface area (Å²) >= 11 is 0. The first-order valence-electron chi connectivity index (χ1n) is 19.1. The van der Waals surface area contributed by atoms with Crippen LogP contribution in [0.5, 0.6) is 0 Å². The molecule has 260 valence electrons. The molecule has 0 aliphatic heterocycles. The summed E-state index contributed by atoms with van der Waals surface area (Å²) in [5, 5.41) is 2.54. The van der Waals surface area contributed by atoms with Crippen LogP contribution in [0, 0.1) is 13.8 Å². The zero-order valence-corrected chi connectivity index (χ0v) is 31.3. The van der Waals surface area contributed by atoms with Crippen molar-refractivity contribution in [2.24, 2.45) is 0 Å². The highest BCUT2D eigenvalue weighted by molar-refractivity contribution is 6.10. The molecular formula is C52H42N2. The van der Waals surface area contributed by atoms with E-state index in [1.54, 1.807) is 0 Å². The van der Waals surface area contributed by atoms with E-state index in [9.17, 15) is 0 Å². The van der Waals surface area contributed by atoms with Crippen molar-refractivity contribution >= 4 is 44.9 Å². The van der Waals surface area contributed by atoms with Crippen LogP contribution in [-0.4, -0.2) is 0 Å². The molecule has 2 aliphatic rings. The second-order valence-corrected chi connectivity index (χ2v) is 15.5. The Kier molecular flexibility index (Phi) is 7.39. The number of aryl methyl sites for hydroxylation is 2. The lowest BCUT2D eigenvalue weighted by atomic mass is 9.81. The van der Waals surface area contributed by atoms with Crippen molar-refractivity contribution in [1.29, 1.82) is 0 Å². The fourth-order valence-electron chi connectivity index (χ4n) is 9.12. The molecule has 0 heterocycles. The molecule has 0 spiro atoms. The molecule has 8 aromatic carbocycles. The second-order valence-electron chi connectivity index (χ2n) is 15.5. The van der Waals surface area contributed by atoms with Crippen molar-refractivity contribution in [2.45, 2.75) is 39.5 Å². The first kappa shape index (κ1) is 32.3. The van der Waals surface area contributed by atoms with E-state index in [0.717, 1.165) is 23.5 Å². The fraction of sp³-hybridized carbons (Fsp3) is 0.115. The van der Waals surface area contributed by atoms with Gasteiger partial charge in [0, 0.05) is 40.0 Å². The molecule has 0 saturated heterocycles. The Balaban J connectivity index is 1.19. The van der Waals surface area contributed by atoms with Crippen LogP contribution in [0.15, 0.2) is 170 Å². The molecular weight excluding hydrogens is 653 g/mol. The number of nitrogens with zero attached hydrogens (tertiary/aromatic N) is 2. The molecule has 2 heteroatoms. The predicted octanol–water partition coefficient (Wildman–Crippen LogP) is 14.3. The van der Waals surface area contributed by atoms with E-state index in [1.807, 2.05) is 0 Å². The van der Waals surface area contributed by atoms with Crippen molar-refractivity contribution < 1.29 is 0 Å². The standard InChI is InChI=1S/C52H42N2/c1-34-24-26-38(27-25-34)54(49-23-13-22-42-41-19-9-8-15-36(41)31-46(42)49)50-33-48-51(44-21-11-10-20-43(44)50)45-29-28-40(32-47(45)52(48,3)4)53(37-16-6-5-7-17-37)39-18-12-14-35(2)30-39/h5-30,32-33H,31H2,1-4H3. The largest absolute Gasteiger partial charge is 0.310 e. The van der Waals surface area contributed by atoms with Crippen LogP contribution in [0.4, 0.5) is 34.1 Å². The third kappa shape index (κ3) is 5.01. The van der Waals surface area contributed by atoms with Crippen LogP contribution >= 0.6 is 0 Å². The first-order chi connectivity index (χ1) is 26.4. The maximum absolute atomic E-state index is 2.53. The minimum absolute atomic E-state index is 0.248. The van der Waals surface area contributed by atoms with Crippen LogP contribution in [0.1, 0.15) is 47.2 Å². The van der Waals surface area contributed by atoms with Crippen molar-refractivity contribution in [3.63, 3.8) is 0 Å². The van der Waals surface area contributed by atoms with Gasteiger partial charge in [-0.15, -0.1) is 0 Å². The summed E-state index contributed by atoms with van der Waals surface area (Å²) in [5.74, 6) is 0. The Morgan fingerprint density at radius 2 is 1.07 bits per heavy atom. The highest BCUT2D eigenvalue weighted by Crippen LogP contribution is 2.56. The van der Waals surface area contributed by atoms with Gasteiger partial charge in [0.1, 0.15) is 0 Å². The van der Waals surface area contributed by atoms with Gasteiger partial charge in [0.05, 0.1) is 11.4 Å². The molecule has 2 aliphatic carbocycles. The first-order valence-corrected chi connectivity index (χ1v) is 19.1. The number of anilines is 6. The molecule has 2 nitrogen and oxygen atoms in total. The van der Waals surface area contributed by atoms with Crippen LogP contribution in [0.2, 0.25) is 0 Å². The molecule has 0 atom stereocenters. The average Bonchev–Trinajstić information content (AvgIpc) is 3.69. The zero-order chi connectivity index (χ0) is 36.6. The van der Waals surface area contributed by atoms with Crippen molar-refractivity contribution in [1.82, 2.24) is 0 Å². The van der Waals surface area contributed by atoms with E-state index in [1.165, 1.54) is 83.5 Å². The summed E-state index contributed by atoms with van der Waals surface area (Å²) in [6.07, 6.45) is 0.922. The van der Waals surface area contributed by atoms with Gasteiger partial charge in [-0.05, 0) is 130 Å². The Morgan fingerprint density at radius 3 is 1.89 bits per heavy atom. The number of hydrogen-bond donors (Lipinski definition) is 0. The van der Waals surface area contributed by atoms with Gasteiger partial charge in [0.15, 0.2) is 0 Å². The Bertz CT molecular complexity index is 2740. The van der Waals surface area contributed by atoms with Crippen molar-refractivity contribution in [3.05, 3.63) is 203 Å². The van der Waals surface area contributed by atoms with E-state index in [-0.39, 0.29) is 5.41 Å². The van der Waals surface area contributed by atoms with Gasteiger partial charge in [-0.3, -0.25) is 0 Å². The number of benzene rings is 8. The fourth-order valence-corrected chi connectivity index (χ4v) is 9.12. The summed E-state index contributed by atoms with van der Waals surface area (Å²) < 4.78 is 0. The summed E-state index contributed by atoms with van der Waals surface area (Å²) in [5.41, 5.74) is 20.2. The van der Waals surface area contributed by atoms with Gasteiger partial charge in [-0.1, -0.05) is 129 Å². The monoisotopic (exact) mass is 694 g/mol. The Labute approximate surface area is 318 Å². The zero-order valence-electron chi connectivity index (χ0n) is 31.3. The molecule has 0 bridgehead atoms. The number of para-hydroxylation sites is 1. The molecule has 54 heavy (non-hydrogen) atoms. The lowest BCUT2D eigenvalue weighted by molar-refractivity contribution is 0.661.